The first-order valence-corrected chi connectivity index (χ1v) is 8.57. The molecule has 5 nitrogen and oxygen atoms in total. The highest BCUT2D eigenvalue weighted by atomic mass is 32.1. The number of amides is 1. The second-order valence-corrected chi connectivity index (χ2v) is 6.86. The van der Waals surface area contributed by atoms with Crippen LogP contribution in [0.2, 0.25) is 0 Å². The lowest BCUT2D eigenvalue weighted by molar-refractivity contribution is -0.112. The molecule has 1 amide bonds. The van der Waals surface area contributed by atoms with E-state index in [1.165, 1.54) is 4.57 Å². The smallest absolute Gasteiger partial charge is 0.310 e. The molecule has 0 atom stereocenters. The van der Waals surface area contributed by atoms with Crippen LogP contribution in [0, 0.1) is 6.92 Å². The first-order chi connectivity index (χ1) is 12.0. The summed E-state index contributed by atoms with van der Waals surface area (Å²) in [5.41, 5.74) is 2.31. The minimum atomic E-state index is -0.430. The maximum atomic E-state index is 12.4. The van der Waals surface area contributed by atoms with Gasteiger partial charge in [0.05, 0.1) is 17.5 Å². The van der Waals surface area contributed by atoms with Gasteiger partial charge in [-0.2, -0.15) is 0 Å². The van der Waals surface area contributed by atoms with Crippen LogP contribution in [0.1, 0.15) is 16.0 Å². The number of para-hydroxylation sites is 1. The Kier molecular flexibility index (Phi) is 3.62. The van der Waals surface area contributed by atoms with Crippen molar-refractivity contribution in [1.82, 2.24) is 4.57 Å². The van der Waals surface area contributed by atoms with E-state index in [1.54, 1.807) is 24.3 Å². The number of nitrogens with zero attached hydrogens (tertiary/aromatic N) is 2. The molecule has 1 N–H and O–H groups in total. The molecule has 0 fully saturated rings. The summed E-state index contributed by atoms with van der Waals surface area (Å²) >= 11 is 0.868. The van der Waals surface area contributed by atoms with Gasteiger partial charge in [-0.05, 0) is 18.6 Å². The predicted octanol–water partition coefficient (Wildman–Crippen LogP) is 1.33. The number of carbonyl (C=O) groups excluding carboxylic acids is 1. The Bertz CT molecular complexity index is 1170. The van der Waals surface area contributed by atoms with E-state index in [9.17, 15) is 14.7 Å². The standard InChI is InChI=1S/C19H14N2O3S/c1-11-6-8-12(9-7-11)10-21-18(23)16(25-19(21)24)15-13-4-2-3-5-14(13)20-17(15)22/h2-9,23H,10H2,1H3. The SMILES string of the molecule is Cc1ccc(Cn2c(O)c(C3=c4ccccc4=NC3=O)sc2=O)cc1. The molecular weight excluding hydrogens is 336 g/mol. The number of fused-ring (bicyclic) bond motifs is 1. The number of thiazole rings is 1. The zero-order valence-electron chi connectivity index (χ0n) is 13.4. The minimum Gasteiger partial charge on any atom is -0.493 e. The highest BCUT2D eigenvalue weighted by molar-refractivity contribution is 7.11. The molecule has 0 unspecified atom stereocenters. The second kappa shape index (κ2) is 5.82. The summed E-state index contributed by atoms with van der Waals surface area (Å²) in [6.45, 7) is 2.24. The van der Waals surface area contributed by atoms with Gasteiger partial charge in [-0.1, -0.05) is 59.4 Å². The summed E-state index contributed by atoms with van der Waals surface area (Å²) < 4.78 is 1.28. The number of rotatable bonds is 3. The third-order valence-electron chi connectivity index (χ3n) is 4.17. The lowest BCUT2D eigenvalue weighted by atomic mass is 10.1. The molecule has 1 aliphatic rings. The molecule has 0 saturated carbocycles. The molecule has 2 aromatic carbocycles. The highest BCUT2D eigenvalue weighted by Gasteiger charge is 2.25. The van der Waals surface area contributed by atoms with Crippen molar-refractivity contribution in [3.8, 4) is 5.88 Å². The Morgan fingerprint density at radius 3 is 2.56 bits per heavy atom. The molecule has 124 valence electrons. The van der Waals surface area contributed by atoms with Crippen LogP contribution in [-0.4, -0.2) is 15.6 Å². The number of aryl methyl sites for hydroxylation is 1. The largest absolute Gasteiger partial charge is 0.493 e. The molecule has 3 aromatic rings. The molecular formula is C19H14N2O3S. The number of hydrogen-bond acceptors (Lipinski definition) is 4. The van der Waals surface area contributed by atoms with Crippen LogP contribution in [0.3, 0.4) is 0 Å². The molecule has 4 rings (SSSR count). The van der Waals surface area contributed by atoms with Crippen LogP contribution in [0.15, 0.2) is 58.3 Å². The van der Waals surface area contributed by atoms with Crippen LogP contribution >= 0.6 is 11.3 Å². The topological polar surface area (TPSA) is 71.7 Å². The number of benzene rings is 2. The minimum absolute atomic E-state index is 0.189. The third-order valence-corrected chi connectivity index (χ3v) is 5.15. The molecule has 25 heavy (non-hydrogen) atoms. The normalized spacial score (nSPS) is 13.0. The molecule has 0 aliphatic carbocycles. The van der Waals surface area contributed by atoms with Gasteiger partial charge in [-0.15, -0.1) is 0 Å². The summed E-state index contributed by atoms with van der Waals surface area (Å²) in [6, 6.07) is 14.8. The van der Waals surface area contributed by atoms with E-state index < -0.39 is 5.91 Å². The Labute approximate surface area is 146 Å². The summed E-state index contributed by atoms with van der Waals surface area (Å²) in [5, 5.41) is 11.8. The molecule has 0 saturated heterocycles. The maximum Gasteiger partial charge on any atom is 0.310 e. The quantitative estimate of drug-likeness (QED) is 0.775. The molecule has 1 aromatic heterocycles. The zero-order valence-corrected chi connectivity index (χ0v) is 14.2. The Morgan fingerprint density at radius 2 is 1.80 bits per heavy atom. The first-order valence-electron chi connectivity index (χ1n) is 7.75. The van der Waals surface area contributed by atoms with Gasteiger partial charge >= 0.3 is 4.87 Å². The van der Waals surface area contributed by atoms with Crippen LogP contribution in [0.4, 0.5) is 0 Å². The third kappa shape index (κ3) is 2.60. The highest BCUT2D eigenvalue weighted by Crippen LogP contribution is 2.28. The van der Waals surface area contributed by atoms with Crippen molar-refractivity contribution in [2.24, 2.45) is 4.99 Å². The predicted molar refractivity (Wildman–Crippen MR) is 95.3 cm³/mol. The Morgan fingerprint density at radius 1 is 1.08 bits per heavy atom. The molecule has 2 heterocycles. The number of hydrogen-bond donors (Lipinski definition) is 1. The van der Waals surface area contributed by atoms with E-state index in [0.717, 1.165) is 22.5 Å². The summed E-state index contributed by atoms with van der Waals surface area (Å²) in [6.07, 6.45) is 0. The number of carbonyl (C=O) groups is 1. The van der Waals surface area contributed by atoms with Crippen LogP contribution in [-0.2, 0) is 11.3 Å². The second-order valence-electron chi connectivity index (χ2n) is 5.90. The first kappa shape index (κ1) is 15.5. The van der Waals surface area contributed by atoms with Crippen molar-refractivity contribution in [2.45, 2.75) is 13.5 Å². The Hall–Kier alpha value is -2.99. The molecule has 6 heteroatoms. The zero-order chi connectivity index (χ0) is 17.6. The lowest BCUT2D eigenvalue weighted by Gasteiger charge is -2.05. The lowest BCUT2D eigenvalue weighted by Crippen LogP contribution is -2.22. The molecule has 0 radical (unpaired) electrons. The van der Waals surface area contributed by atoms with Gasteiger partial charge in [0.25, 0.3) is 5.91 Å². The van der Waals surface area contributed by atoms with Gasteiger partial charge in [-0.25, -0.2) is 4.99 Å². The van der Waals surface area contributed by atoms with Crippen molar-refractivity contribution < 1.29 is 9.90 Å². The van der Waals surface area contributed by atoms with E-state index in [-0.39, 0.29) is 27.7 Å². The average molecular weight is 350 g/mol. The van der Waals surface area contributed by atoms with Crippen molar-refractivity contribution in [3.05, 3.63) is 84.8 Å². The Balaban J connectivity index is 1.85. The van der Waals surface area contributed by atoms with Gasteiger partial charge in [0, 0.05) is 5.22 Å². The van der Waals surface area contributed by atoms with E-state index in [4.69, 9.17) is 0 Å². The fraction of sp³-hybridized carbons (Fsp3) is 0.105. The van der Waals surface area contributed by atoms with Gasteiger partial charge in [0.2, 0.25) is 5.88 Å². The number of aromatic nitrogens is 1. The van der Waals surface area contributed by atoms with Gasteiger partial charge in [0.15, 0.2) is 0 Å². The summed E-state index contributed by atoms with van der Waals surface area (Å²) in [4.78, 5) is 28.6. The van der Waals surface area contributed by atoms with Crippen molar-refractivity contribution in [1.29, 1.82) is 0 Å². The monoisotopic (exact) mass is 350 g/mol. The van der Waals surface area contributed by atoms with Crippen LogP contribution < -0.4 is 15.4 Å². The van der Waals surface area contributed by atoms with Crippen molar-refractivity contribution in [2.75, 3.05) is 0 Å². The van der Waals surface area contributed by atoms with Gasteiger partial charge in [-0.3, -0.25) is 14.2 Å². The van der Waals surface area contributed by atoms with Crippen molar-refractivity contribution >= 4 is 22.8 Å². The van der Waals surface area contributed by atoms with E-state index in [2.05, 4.69) is 4.99 Å². The number of aromatic hydroxyl groups is 1. The average Bonchev–Trinajstić information content (AvgIpc) is 3.06. The van der Waals surface area contributed by atoms with Crippen LogP contribution in [0.5, 0.6) is 5.88 Å². The fourth-order valence-corrected chi connectivity index (χ4v) is 3.79. The molecule has 0 bridgehead atoms. The molecule has 1 aliphatic heterocycles. The summed E-state index contributed by atoms with van der Waals surface area (Å²) in [5.74, 6) is -0.619. The van der Waals surface area contributed by atoms with Crippen molar-refractivity contribution in [3.63, 3.8) is 0 Å². The van der Waals surface area contributed by atoms with E-state index >= 15 is 0 Å². The molecule has 0 spiro atoms. The van der Waals surface area contributed by atoms with E-state index in [0.29, 0.717) is 10.6 Å². The van der Waals surface area contributed by atoms with Gasteiger partial charge in [0.1, 0.15) is 4.88 Å². The van der Waals surface area contributed by atoms with Crippen LogP contribution in [0.25, 0.3) is 5.57 Å². The van der Waals surface area contributed by atoms with E-state index in [1.807, 2.05) is 31.2 Å². The summed E-state index contributed by atoms with van der Waals surface area (Å²) in [7, 11) is 0. The van der Waals surface area contributed by atoms with Gasteiger partial charge < -0.3 is 5.11 Å². The fourth-order valence-electron chi connectivity index (χ4n) is 2.86. The maximum absolute atomic E-state index is 12.4.